The number of anilines is 2. The van der Waals surface area contributed by atoms with Crippen molar-refractivity contribution in [2.45, 2.75) is 38.5 Å². The maximum atomic E-state index is 13.3. The number of carbonyl (C=O) groups is 3. The van der Waals surface area contributed by atoms with Crippen molar-refractivity contribution >= 4 is 29.1 Å². The second-order valence-electron chi connectivity index (χ2n) is 9.01. The first kappa shape index (κ1) is 22.6. The van der Waals surface area contributed by atoms with Crippen molar-refractivity contribution < 1.29 is 19.1 Å². The zero-order valence-corrected chi connectivity index (χ0v) is 19.0. The van der Waals surface area contributed by atoms with Crippen LogP contribution in [-0.4, -0.2) is 80.5 Å². The van der Waals surface area contributed by atoms with E-state index in [2.05, 4.69) is 10.2 Å². The average molecular weight is 443 g/mol. The molecule has 0 unspecified atom stereocenters. The Morgan fingerprint density at radius 2 is 1.62 bits per heavy atom. The number of ether oxygens (including phenoxy) is 1. The van der Waals surface area contributed by atoms with Crippen molar-refractivity contribution in [2.75, 3.05) is 63.2 Å². The van der Waals surface area contributed by atoms with Gasteiger partial charge >= 0.3 is 0 Å². The van der Waals surface area contributed by atoms with E-state index in [4.69, 9.17) is 4.74 Å². The van der Waals surface area contributed by atoms with Gasteiger partial charge in [-0.1, -0.05) is 12.8 Å². The van der Waals surface area contributed by atoms with E-state index in [9.17, 15) is 14.4 Å². The highest BCUT2D eigenvalue weighted by Gasteiger charge is 2.31. The predicted octanol–water partition coefficient (Wildman–Crippen LogP) is 2.35. The molecule has 4 rings (SSSR count). The average Bonchev–Trinajstić information content (AvgIpc) is 3.53. The van der Waals surface area contributed by atoms with Crippen molar-refractivity contribution in [3.63, 3.8) is 0 Å². The lowest BCUT2D eigenvalue weighted by Gasteiger charge is -2.38. The van der Waals surface area contributed by atoms with E-state index in [1.165, 1.54) is 7.11 Å². The predicted molar refractivity (Wildman–Crippen MR) is 123 cm³/mol. The first-order valence-corrected chi connectivity index (χ1v) is 11.8. The minimum absolute atomic E-state index is 0.00445. The van der Waals surface area contributed by atoms with E-state index < -0.39 is 0 Å². The summed E-state index contributed by atoms with van der Waals surface area (Å²) in [6.07, 6.45) is 6.39. The summed E-state index contributed by atoms with van der Waals surface area (Å²) in [5.74, 6) is 0.249. The number of carbonyl (C=O) groups excluding carboxylic acids is 3. The fourth-order valence-electron chi connectivity index (χ4n) is 5.08. The molecule has 174 valence electrons. The van der Waals surface area contributed by atoms with Crippen LogP contribution >= 0.6 is 0 Å². The molecule has 0 radical (unpaired) electrons. The van der Waals surface area contributed by atoms with Gasteiger partial charge in [-0.25, -0.2) is 0 Å². The zero-order chi connectivity index (χ0) is 22.5. The Labute approximate surface area is 189 Å². The summed E-state index contributed by atoms with van der Waals surface area (Å²) in [6, 6.07) is 5.53. The van der Waals surface area contributed by atoms with Gasteiger partial charge in [0.1, 0.15) is 6.61 Å². The molecular formula is C24H34N4O4. The van der Waals surface area contributed by atoms with Crippen molar-refractivity contribution in [3.8, 4) is 0 Å². The quantitative estimate of drug-likeness (QED) is 0.731. The molecular weight excluding hydrogens is 408 g/mol. The number of hydrogen-bond donors (Lipinski definition) is 1. The summed E-state index contributed by atoms with van der Waals surface area (Å²) in [6.45, 7) is 4.26. The normalized spacial score (nSPS) is 19.5. The lowest BCUT2D eigenvalue weighted by molar-refractivity contribution is -0.135. The van der Waals surface area contributed by atoms with Crippen molar-refractivity contribution in [1.29, 1.82) is 0 Å². The number of nitrogens with zero attached hydrogens (tertiary/aromatic N) is 3. The molecule has 3 amide bonds. The van der Waals surface area contributed by atoms with Crippen molar-refractivity contribution in [3.05, 3.63) is 23.8 Å². The maximum Gasteiger partial charge on any atom is 0.256 e. The van der Waals surface area contributed by atoms with E-state index in [-0.39, 0.29) is 24.3 Å². The SMILES string of the molecule is COCC(=O)Nc1ccc(N2CCN(C(=O)C3CCCC3)CC2)c(C(=O)N2CCCC2)c1. The number of piperazine rings is 1. The molecule has 0 aromatic heterocycles. The minimum Gasteiger partial charge on any atom is -0.375 e. The molecule has 1 aromatic rings. The molecule has 1 saturated carbocycles. The molecule has 2 aliphatic heterocycles. The van der Waals surface area contributed by atoms with Crippen LogP contribution in [0.25, 0.3) is 0 Å². The largest absolute Gasteiger partial charge is 0.375 e. The molecule has 32 heavy (non-hydrogen) atoms. The topological polar surface area (TPSA) is 82.2 Å². The molecule has 1 N–H and O–H groups in total. The fraction of sp³-hybridized carbons (Fsp3) is 0.625. The molecule has 0 bridgehead atoms. The van der Waals surface area contributed by atoms with Crippen molar-refractivity contribution in [1.82, 2.24) is 9.80 Å². The van der Waals surface area contributed by atoms with Crippen LogP contribution in [0.5, 0.6) is 0 Å². The van der Waals surface area contributed by atoms with Gasteiger partial charge in [0.05, 0.1) is 5.56 Å². The number of likely N-dealkylation sites (tertiary alicyclic amines) is 1. The highest BCUT2D eigenvalue weighted by Crippen LogP contribution is 2.30. The number of benzene rings is 1. The third-order valence-corrected chi connectivity index (χ3v) is 6.82. The fourth-order valence-corrected chi connectivity index (χ4v) is 5.08. The molecule has 0 atom stereocenters. The zero-order valence-electron chi connectivity index (χ0n) is 19.0. The second-order valence-corrected chi connectivity index (χ2v) is 9.01. The highest BCUT2D eigenvalue weighted by molar-refractivity contribution is 6.02. The van der Waals surface area contributed by atoms with Crippen LogP contribution in [0.4, 0.5) is 11.4 Å². The smallest absolute Gasteiger partial charge is 0.256 e. The van der Waals surface area contributed by atoms with E-state index in [0.717, 1.165) is 57.3 Å². The number of methoxy groups -OCH3 is 1. The second kappa shape index (κ2) is 10.3. The Hall–Kier alpha value is -2.61. The van der Waals surface area contributed by atoms with Gasteiger partial charge in [0.2, 0.25) is 11.8 Å². The lowest BCUT2D eigenvalue weighted by atomic mass is 10.1. The highest BCUT2D eigenvalue weighted by atomic mass is 16.5. The molecule has 8 nitrogen and oxygen atoms in total. The summed E-state index contributed by atoms with van der Waals surface area (Å²) in [5.41, 5.74) is 2.07. The Morgan fingerprint density at radius 1 is 0.938 bits per heavy atom. The van der Waals surface area contributed by atoms with E-state index >= 15 is 0 Å². The van der Waals surface area contributed by atoms with Gasteiger partial charge in [0, 0.05) is 63.7 Å². The molecule has 2 heterocycles. The summed E-state index contributed by atoms with van der Waals surface area (Å²) in [5, 5.41) is 2.81. The Balaban J connectivity index is 1.49. The van der Waals surface area contributed by atoms with Crippen LogP contribution in [0.15, 0.2) is 18.2 Å². The van der Waals surface area contributed by atoms with Crippen LogP contribution in [0.3, 0.4) is 0 Å². The summed E-state index contributed by atoms with van der Waals surface area (Å²) in [7, 11) is 1.47. The first-order chi connectivity index (χ1) is 15.6. The van der Waals surface area contributed by atoms with Crippen molar-refractivity contribution in [2.24, 2.45) is 5.92 Å². The third-order valence-electron chi connectivity index (χ3n) is 6.82. The van der Waals surface area contributed by atoms with Gasteiger partial charge < -0.3 is 24.8 Å². The molecule has 3 aliphatic rings. The number of nitrogens with one attached hydrogen (secondary N) is 1. The first-order valence-electron chi connectivity index (χ1n) is 11.8. The molecule has 1 aliphatic carbocycles. The summed E-state index contributed by atoms with van der Waals surface area (Å²) < 4.78 is 4.89. The molecule has 3 fully saturated rings. The number of rotatable bonds is 6. The molecule has 2 saturated heterocycles. The van der Waals surface area contributed by atoms with Crippen LogP contribution in [0.2, 0.25) is 0 Å². The molecule has 0 spiro atoms. The van der Waals surface area contributed by atoms with E-state index in [0.29, 0.717) is 43.3 Å². The maximum absolute atomic E-state index is 13.3. The minimum atomic E-state index is -0.251. The Morgan fingerprint density at radius 3 is 2.28 bits per heavy atom. The third kappa shape index (κ3) is 5.06. The summed E-state index contributed by atoms with van der Waals surface area (Å²) in [4.78, 5) is 44.2. The van der Waals surface area contributed by atoms with E-state index in [1.54, 1.807) is 6.07 Å². The van der Waals surface area contributed by atoms with Gasteiger partial charge in [0.25, 0.3) is 5.91 Å². The van der Waals surface area contributed by atoms with Crippen LogP contribution in [-0.2, 0) is 14.3 Å². The van der Waals surface area contributed by atoms with Crippen LogP contribution in [0.1, 0.15) is 48.9 Å². The standard InChI is InChI=1S/C24H34N4O4/c1-32-17-22(29)25-19-8-9-21(20(16-19)24(31)27-10-4-5-11-27)26-12-14-28(15-13-26)23(30)18-6-2-3-7-18/h8-9,16,18H,2-7,10-15,17H2,1H3,(H,25,29). The van der Waals surface area contributed by atoms with Crippen LogP contribution in [0, 0.1) is 5.92 Å². The Kier molecular flexibility index (Phi) is 7.29. The monoisotopic (exact) mass is 442 g/mol. The lowest BCUT2D eigenvalue weighted by Crippen LogP contribution is -2.50. The van der Waals surface area contributed by atoms with Gasteiger partial charge in [0.15, 0.2) is 0 Å². The molecule has 8 heteroatoms. The van der Waals surface area contributed by atoms with Gasteiger partial charge in [-0.05, 0) is 43.9 Å². The van der Waals surface area contributed by atoms with E-state index in [1.807, 2.05) is 21.9 Å². The van der Waals surface area contributed by atoms with Gasteiger partial charge in [-0.15, -0.1) is 0 Å². The summed E-state index contributed by atoms with van der Waals surface area (Å²) >= 11 is 0. The Bertz CT molecular complexity index is 838. The van der Waals surface area contributed by atoms with Gasteiger partial charge in [-0.2, -0.15) is 0 Å². The molecule has 1 aromatic carbocycles. The van der Waals surface area contributed by atoms with Crippen LogP contribution < -0.4 is 10.2 Å². The number of hydrogen-bond acceptors (Lipinski definition) is 5. The van der Waals surface area contributed by atoms with Gasteiger partial charge in [-0.3, -0.25) is 14.4 Å². The number of amides is 3.